The van der Waals surface area contributed by atoms with Gasteiger partial charge in [0.15, 0.2) is 11.2 Å². The van der Waals surface area contributed by atoms with Gasteiger partial charge >= 0.3 is 11.7 Å². The van der Waals surface area contributed by atoms with Crippen molar-refractivity contribution in [3.8, 4) is 0 Å². The lowest BCUT2D eigenvalue weighted by atomic mass is 10.1. The molecule has 0 atom stereocenters. The number of nitrogens with zero attached hydrogens (tertiary/aromatic N) is 4. The summed E-state index contributed by atoms with van der Waals surface area (Å²) in [6, 6.07) is 9.89. The Kier molecular flexibility index (Phi) is 6.06. The molecule has 1 fully saturated rings. The van der Waals surface area contributed by atoms with Crippen molar-refractivity contribution in [2.24, 2.45) is 0 Å². The van der Waals surface area contributed by atoms with Gasteiger partial charge in [-0.3, -0.25) is 18.7 Å². The van der Waals surface area contributed by atoms with Crippen LogP contribution in [0.25, 0.3) is 11.2 Å². The van der Waals surface area contributed by atoms with Crippen molar-refractivity contribution >= 4 is 17.1 Å². The maximum atomic E-state index is 13.4. The fourth-order valence-electron chi connectivity index (χ4n) is 4.56. The molecule has 31 heavy (non-hydrogen) atoms. The fourth-order valence-corrected chi connectivity index (χ4v) is 4.56. The van der Waals surface area contributed by atoms with E-state index >= 15 is 0 Å². The van der Waals surface area contributed by atoms with Crippen molar-refractivity contribution in [1.82, 2.24) is 18.7 Å². The van der Waals surface area contributed by atoms with E-state index in [4.69, 9.17) is 4.98 Å². The molecule has 0 radical (unpaired) electrons. The molecule has 1 aliphatic carbocycles. The van der Waals surface area contributed by atoms with Crippen LogP contribution in [0.1, 0.15) is 62.8 Å². The summed E-state index contributed by atoms with van der Waals surface area (Å²) in [5.74, 6) is 0.0670. The van der Waals surface area contributed by atoms with Gasteiger partial charge in [0.2, 0.25) is 0 Å². The molecular formula is C23H28N4O4. The minimum absolute atomic E-state index is 0.0128. The molecule has 8 heteroatoms. The summed E-state index contributed by atoms with van der Waals surface area (Å²) in [6.45, 7) is 2.67. The number of benzene rings is 1. The van der Waals surface area contributed by atoms with E-state index in [1.807, 2.05) is 41.8 Å². The zero-order chi connectivity index (χ0) is 22.0. The summed E-state index contributed by atoms with van der Waals surface area (Å²) in [7, 11) is 0. The molecular weight excluding hydrogens is 396 g/mol. The number of imidazole rings is 1. The molecule has 0 unspecified atom stereocenters. The Labute approximate surface area is 179 Å². The number of carbonyl (C=O) groups is 1. The predicted molar refractivity (Wildman–Crippen MR) is 118 cm³/mol. The first kappa shape index (κ1) is 21.1. The molecule has 0 bridgehead atoms. The minimum atomic E-state index is -0.993. The number of aliphatic carboxylic acids is 1. The molecule has 8 nitrogen and oxygen atoms in total. The molecule has 0 aliphatic heterocycles. The van der Waals surface area contributed by atoms with Crippen LogP contribution in [-0.4, -0.2) is 29.8 Å². The quantitative estimate of drug-likeness (QED) is 0.599. The van der Waals surface area contributed by atoms with Gasteiger partial charge in [0.1, 0.15) is 5.82 Å². The largest absolute Gasteiger partial charge is 0.481 e. The van der Waals surface area contributed by atoms with Gasteiger partial charge in [-0.2, -0.15) is 0 Å². The van der Waals surface area contributed by atoms with Gasteiger partial charge in [-0.1, -0.05) is 50.1 Å². The monoisotopic (exact) mass is 424 g/mol. The SMILES string of the molecule is CCCn1c(=O)c2c(nc(C3CCCC3)n2Cc2ccccc2)n(CCC(=O)O)c1=O. The van der Waals surface area contributed by atoms with Crippen molar-refractivity contribution in [3.05, 3.63) is 62.6 Å². The van der Waals surface area contributed by atoms with Gasteiger partial charge < -0.3 is 9.67 Å². The summed E-state index contributed by atoms with van der Waals surface area (Å²) in [5, 5.41) is 9.18. The third-order valence-electron chi connectivity index (χ3n) is 6.04. The highest BCUT2D eigenvalue weighted by Crippen LogP contribution is 2.35. The molecule has 164 valence electrons. The Balaban J connectivity index is 1.99. The average molecular weight is 425 g/mol. The standard InChI is InChI=1S/C23H28N4O4/c1-2-13-26-22(30)19-21(25(23(26)31)14-12-18(28)29)24-20(17-10-6-7-11-17)27(19)15-16-8-4-3-5-9-16/h3-5,8-9,17H,2,6-7,10-15H2,1H3,(H,28,29). The van der Waals surface area contributed by atoms with Gasteiger partial charge in [-0.05, 0) is 24.8 Å². The van der Waals surface area contributed by atoms with E-state index in [0.717, 1.165) is 37.1 Å². The van der Waals surface area contributed by atoms with Crippen molar-refractivity contribution in [2.75, 3.05) is 0 Å². The number of hydrogen-bond acceptors (Lipinski definition) is 4. The number of fused-ring (bicyclic) bond motifs is 1. The van der Waals surface area contributed by atoms with E-state index in [9.17, 15) is 19.5 Å². The van der Waals surface area contributed by atoms with Crippen LogP contribution >= 0.6 is 0 Å². The lowest BCUT2D eigenvalue weighted by Gasteiger charge is -2.14. The van der Waals surface area contributed by atoms with Crippen molar-refractivity contribution < 1.29 is 9.90 Å². The number of carboxylic acids is 1. The summed E-state index contributed by atoms with van der Waals surface area (Å²) >= 11 is 0. The Bertz CT molecular complexity index is 1200. The molecule has 3 aromatic rings. The zero-order valence-corrected chi connectivity index (χ0v) is 17.8. The number of rotatable bonds is 8. The highest BCUT2D eigenvalue weighted by atomic mass is 16.4. The summed E-state index contributed by atoms with van der Waals surface area (Å²) in [6.07, 6.45) is 4.66. The lowest BCUT2D eigenvalue weighted by Crippen LogP contribution is -2.41. The second-order valence-electron chi connectivity index (χ2n) is 8.23. The van der Waals surface area contributed by atoms with E-state index in [2.05, 4.69) is 0 Å². The van der Waals surface area contributed by atoms with Crippen LogP contribution in [0.2, 0.25) is 0 Å². The lowest BCUT2D eigenvalue weighted by molar-refractivity contribution is -0.137. The molecule has 0 saturated heterocycles. The minimum Gasteiger partial charge on any atom is -0.481 e. The number of carboxylic acid groups (broad SMARTS) is 1. The van der Waals surface area contributed by atoms with Crippen LogP contribution in [0, 0.1) is 0 Å². The first-order valence-electron chi connectivity index (χ1n) is 11.0. The topological polar surface area (TPSA) is 99.1 Å². The first-order valence-corrected chi connectivity index (χ1v) is 11.0. The summed E-state index contributed by atoms with van der Waals surface area (Å²) in [5.41, 5.74) is 0.917. The molecule has 1 aliphatic rings. The first-order chi connectivity index (χ1) is 15.0. The molecule has 1 aromatic carbocycles. The Morgan fingerprint density at radius 2 is 1.77 bits per heavy atom. The zero-order valence-electron chi connectivity index (χ0n) is 17.8. The molecule has 2 heterocycles. The second-order valence-corrected chi connectivity index (χ2v) is 8.23. The molecule has 2 aromatic heterocycles. The molecule has 0 spiro atoms. The van der Waals surface area contributed by atoms with Crippen LogP contribution in [0.3, 0.4) is 0 Å². The van der Waals surface area contributed by atoms with Gasteiger partial charge in [0.25, 0.3) is 5.56 Å². The number of aryl methyl sites for hydroxylation is 1. The molecule has 1 N–H and O–H groups in total. The molecule has 0 amide bonds. The summed E-state index contributed by atoms with van der Waals surface area (Å²) in [4.78, 5) is 42.6. The molecule has 4 rings (SSSR count). The van der Waals surface area contributed by atoms with Crippen LogP contribution < -0.4 is 11.2 Å². The van der Waals surface area contributed by atoms with Gasteiger partial charge in [-0.15, -0.1) is 0 Å². The van der Waals surface area contributed by atoms with Crippen LogP contribution in [0.4, 0.5) is 0 Å². The van der Waals surface area contributed by atoms with Crippen LogP contribution in [0.15, 0.2) is 39.9 Å². The predicted octanol–water partition coefficient (Wildman–Crippen LogP) is 2.95. The van der Waals surface area contributed by atoms with E-state index in [1.165, 1.54) is 9.13 Å². The van der Waals surface area contributed by atoms with E-state index in [1.54, 1.807) is 0 Å². The maximum absolute atomic E-state index is 13.4. The number of hydrogen-bond donors (Lipinski definition) is 1. The Morgan fingerprint density at radius 3 is 2.42 bits per heavy atom. The third-order valence-corrected chi connectivity index (χ3v) is 6.04. The number of aromatic nitrogens is 4. The van der Waals surface area contributed by atoms with Gasteiger partial charge in [0, 0.05) is 25.6 Å². The van der Waals surface area contributed by atoms with E-state index in [0.29, 0.717) is 24.1 Å². The van der Waals surface area contributed by atoms with Crippen molar-refractivity contribution in [3.63, 3.8) is 0 Å². The Morgan fingerprint density at radius 1 is 1.06 bits per heavy atom. The van der Waals surface area contributed by atoms with Crippen LogP contribution in [0.5, 0.6) is 0 Å². The Hall–Kier alpha value is -3.16. The van der Waals surface area contributed by atoms with E-state index in [-0.39, 0.29) is 31.0 Å². The summed E-state index contributed by atoms with van der Waals surface area (Å²) < 4.78 is 4.57. The van der Waals surface area contributed by atoms with Crippen molar-refractivity contribution in [1.29, 1.82) is 0 Å². The highest BCUT2D eigenvalue weighted by molar-refractivity contribution is 5.72. The fraction of sp³-hybridized carbons (Fsp3) is 0.478. The molecule has 1 saturated carbocycles. The normalized spacial score (nSPS) is 14.5. The highest BCUT2D eigenvalue weighted by Gasteiger charge is 2.27. The van der Waals surface area contributed by atoms with Crippen LogP contribution in [-0.2, 0) is 24.4 Å². The van der Waals surface area contributed by atoms with Crippen molar-refractivity contribution in [2.45, 2.75) is 71.0 Å². The second kappa shape index (κ2) is 8.91. The van der Waals surface area contributed by atoms with Gasteiger partial charge in [0.05, 0.1) is 6.42 Å². The third kappa shape index (κ3) is 4.06. The smallest absolute Gasteiger partial charge is 0.332 e. The van der Waals surface area contributed by atoms with Gasteiger partial charge in [-0.25, -0.2) is 9.78 Å². The van der Waals surface area contributed by atoms with E-state index < -0.39 is 11.7 Å². The maximum Gasteiger partial charge on any atom is 0.332 e. The average Bonchev–Trinajstić information content (AvgIpc) is 3.40.